The highest BCUT2D eigenvalue weighted by atomic mass is 32.1. The van der Waals surface area contributed by atoms with Crippen molar-refractivity contribution in [3.05, 3.63) is 72.1 Å². The first-order valence-corrected chi connectivity index (χ1v) is 9.76. The fraction of sp³-hybridized carbons (Fsp3) is 0.136. The van der Waals surface area contributed by atoms with Crippen molar-refractivity contribution in [1.82, 2.24) is 9.97 Å². The molecule has 0 spiro atoms. The van der Waals surface area contributed by atoms with Crippen molar-refractivity contribution in [1.29, 1.82) is 0 Å². The van der Waals surface area contributed by atoms with Crippen molar-refractivity contribution in [3.8, 4) is 16.2 Å². The van der Waals surface area contributed by atoms with E-state index in [-0.39, 0.29) is 0 Å². The second-order valence-electron chi connectivity index (χ2n) is 6.29. The standard InChI is InChI=1S/C22H19N3O2S/c1-27-19-8-7-16(13-26)11-17(19)20-12-18-21(24-14-25-22(18)28-20)23-10-9-15-5-3-2-4-6-15/h2-8,11-14H,9-10H2,1H3,(H,23,24,25). The van der Waals surface area contributed by atoms with Crippen LogP contribution in [-0.4, -0.2) is 29.9 Å². The van der Waals surface area contributed by atoms with Crippen LogP contribution in [0.5, 0.6) is 5.75 Å². The molecule has 4 aromatic rings. The third kappa shape index (κ3) is 3.73. The van der Waals surface area contributed by atoms with Gasteiger partial charge in [0.05, 0.1) is 12.5 Å². The first kappa shape index (κ1) is 18.1. The largest absolute Gasteiger partial charge is 0.496 e. The van der Waals surface area contributed by atoms with Crippen molar-refractivity contribution < 1.29 is 9.53 Å². The van der Waals surface area contributed by atoms with E-state index in [0.717, 1.165) is 51.5 Å². The molecule has 0 aliphatic heterocycles. The number of rotatable bonds is 7. The highest BCUT2D eigenvalue weighted by Gasteiger charge is 2.14. The molecule has 0 unspecified atom stereocenters. The van der Waals surface area contributed by atoms with Crippen molar-refractivity contribution in [3.63, 3.8) is 0 Å². The molecular formula is C22H19N3O2S. The van der Waals surface area contributed by atoms with Gasteiger partial charge < -0.3 is 10.1 Å². The Balaban J connectivity index is 1.63. The smallest absolute Gasteiger partial charge is 0.150 e. The van der Waals surface area contributed by atoms with E-state index >= 15 is 0 Å². The van der Waals surface area contributed by atoms with Crippen molar-refractivity contribution in [2.45, 2.75) is 6.42 Å². The van der Waals surface area contributed by atoms with Gasteiger partial charge in [0.1, 0.15) is 29.0 Å². The number of carbonyl (C=O) groups is 1. The lowest BCUT2D eigenvalue weighted by atomic mass is 10.1. The summed E-state index contributed by atoms with van der Waals surface area (Å²) in [4.78, 5) is 21.9. The molecule has 6 heteroatoms. The highest BCUT2D eigenvalue weighted by Crippen LogP contribution is 2.39. The molecule has 0 aliphatic rings. The molecule has 2 heterocycles. The lowest BCUT2D eigenvalue weighted by Crippen LogP contribution is -2.06. The predicted molar refractivity (Wildman–Crippen MR) is 113 cm³/mol. The van der Waals surface area contributed by atoms with Crippen LogP contribution >= 0.6 is 11.3 Å². The second-order valence-corrected chi connectivity index (χ2v) is 7.32. The molecule has 0 atom stereocenters. The predicted octanol–water partition coefficient (Wildman–Crippen LogP) is 4.83. The zero-order valence-corrected chi connectivity index (χ0v) is 16.2. The van der Waals surface area contributed by atoms with E-state index < -0.39 is 0 Å². The van der Waals surface area contributed by atoms with E-state index in [0.29, 0.717) is 5.56 Å². The Morgan fingerprint density at radius 3 is 2.75 bits per heavy atom. The number of fused-ring (bicyclic) bond motifs is 1. The molecule has 28 heavy (non-hydrogen) atoms. The molecule has 0 saturated heterocycles. The van der Waals surface area contributed by atoms with Crippen LogP contribution in [0.15, 0.2) is 60.9 Å². The summed E-state index contributed by atoms with van der Waals surface area (Å²) in [5.41, 5.74) is 2.77. The summed E-state index contributed by atoms with van der Waals surface area (Å²) < 4.78 is 5.48. The Morgan fingerprint density at radius 1 is 1.11 bits per heavy atom. The molecule has 0 aliphatic carbocycles. The Kier molecular flexibility index (Phi) is 5.30. The van der Waals surface area contributed by atoms with Crippen LogP contribution in [0.25, 0.3) is 20.7 Å². The van der Waals surface area contributed by atoms with Crippen LogP contribution in [0, 0.1) is 0 Å². The van der Waals surface area contributed by atoms with Gasteiger partial charge in [0.2, 0.25) is 0 Å². The van der Waals surface area contributed by atoms with E-state index in [1.165, 1.54) is 5.56 Å². The molecule has 0 radical (unpaired) electrons. The molecule has 2 aromatic carbocycles. The highest BCUT2D eigenvalue weighted by molar-refractivity contribution is 7.22. The second kappa shape index (κ2) is 8.19. The number of ether oxygens (including phenoxy) is 1. The van der Waals surface area contributed by atoms with Gasteiger partial charge >= 0.3 is 0 Å². The summed E-state index contributed by atoms with van der Waals surface area (Å²) in [6.45, 7) is 0.783. The number of methoxy groups -OCH3 is 1. The Morgan fingerprint density at radius 2 is 1.96 bits per heavy atom. The van der Waals surface area contributed by atoms with Gasteiger partial charge in [-0.3, -0.25) is 4.79 Å². The molecule has 0 fully saturated rings. The number of aldehydes is 1. The minimum absolute atomic E-state index is 0.612. The number of nitrogens with zero attached hydrogens (tertiary/aromatic N) is 2. The number of carbonyl (C=O) groups excluding carboxylic acids is 1. The maximum atomic E-state index is 11.2. The molecule has 4 rings (SSSR count). The number of hydrogen-bond donors (Lipinski definition) is 1. The number of hydrogen-bond acceptors (Lipinski definition) is 6. The zero-order valence-electron chi connectivity index (χ0n) is 15.4. The van der Waals surface area contributed by atoms with Crippen molar-refractivity contribution >= 4 is 33.7 Å². The van der Waals surface area contributed by atoms with Crippen LogP contribution < -0.4 is 10.1 Å². The van der Waals surface area contributed by atoms with E-state index in [1.807, 2.05) is 30.3 Å². The summed E-state index contributed by atoms with van der Waals surface area (Å²) in [7, 11) is 1.63. The molecule has 140 valence electrons. The van der Waals surface area contributed by atoms with Gasteiger partial charge in [-0.05, 0) is 36.2 Å². The van der Waals surface area contributed by atoms with E-state index in [4.69, 9.17) is 4.74 Å². The summed E-state index contributed by atoms with van der Waals surface area (Å²) in [5, 5.41) is 4.39. The number of benzene rings is 2. The average Bonchev–Trinajstić information content (AvgIpc) is 3.19. The summed E-state index contributed by atoms with van der Waals surface area (Å²) >= 11 is 1.56. The van der Waals surface area contributed by atoms with Crippen molar-refractivity contribution in [2.24, 2.45) is 0 Å². The van der Waals surface area contributed by atoms with Gasteiger partial charge in [-0.1, -0.05) is 30.3 Å². The van der Waals surface area contributed by atoms with Crippen molar-refractivity contribution in [2.75, 3.05) is 19.0 Å². The van der Waals surface area contributed by atoms with Gasteiger partial charge in [0, 0.05) is 22.5 Å². The first-order chi connectivity index (χ1) is 13.8. The van der Waals surface area contributed by atoms with Gasteiger partial charge in [0.25, 0.3) is 0 Å². The zero-order chi connectivity index (χ0) is 19.3. The summed E-state index contributed by atoms with van der Waals surface area (Å²) in [6.07, 6.45) is 3.33. The lowest BCUT2D eigenvalue weighted by molar-refractivity contribution is 0.112. The van der Waals surface area contributed by atoms with Crippen LogP contribution in [0.4, 0.5) is 5.82 Å². The molecular weight excluding hydrogens is 370 g/mol. The minimum atomic E-state index is 0.612. The van der Waals surface area contributed by atoms with Gasteiger partial charge in [0.15, 0.2) is 0 Å². The quantitative estimate of drug-likeness (QED) is 0.459. The molecule has 0 amide bonds. The van der Waals surface area contributed by atoms with Crippen LogP contribution in [0.2, 0.25) is 0 Å². The lowest BCUT2D eigenvalue weighted by Gasteiger charge is -2.07. The molecule has 1 N–H and O–H groups in total. The topological polar surface area (TPSA) is 64.1 Å². The van der Waals surface area contributed by atoms with Crippen LogP contribution in [0.1, 0.15) is 15.9 Å². The SMILES string of the molecule is COc1ccc(C=O)cc1-c1cc2c(NCCc3ccccc3)ncnc2s1. The van der Waals surface area contributed by atoms with Crippen LogP contribution in [-0.2, 0) is 6.42 Å². The third-order valence-corrected chi connectivity index (χ3v) is 5.58. The summed E-state index contributed by atoms with van der Waals surface area (Å²) in [5.74, 6) is 1.54. The fourth-order valence-corrected chi connectivity index (χ4v) is 4.11. The molecule has 5 nitrogen and oxygen atoms in total. The average molecular weight is 389 g/mol. The summed E-state index contributed by atoms with van der Waals surface area (Å²) in [6, 6.07) is 17.8. The Hall–Kier alpha value is -3.25. The van der Waals surface area contributed by atoms with Gasteiger partial charge in [-0.15, -0.1) is 11.3 Å². The Labute approximate surface area is 167 Å². The Bertz CT molecular complexity index is 1110. The monoisotopic (exact) mass is 389 g/mol. The van der Waals surface area contributed by atoms with Crippen LogP contribution in [0.3, 0.4) is 0 Å². The molecule has 2 aromatic heterocycles. The number of thiophene rings is 1. The van der Waals surface area contributed by atoms with E-state index in [2.05, 4.69) is 33.5 Å². The minimum Gasteiger partial charge on any atom is -0.496 e. The number of anilines is 1. The number of aromatic nitrogens is 2. The molecule has 0 bridgehead atoms. The fourth-order valence-electron chi connectivity index (χ4n) is 3.09. The molecule has 0 saturated carbocycles. The maximum Gasteiger partial charge on any atom is 0.150 e. The van der Waals surface area contributed by atoms with Gasteiger partial charge in [-0.2, -0.15) is 0 Å². The number of nitrogens with one attached hydrogen (secondary N) is 1. The van der Waals surface area contributed by atoms with Gasteiger partial charge in [-0.25, -0.2) is 9.97 Å². The van der Waals surface area contributed by atoms with E-state index in [9.17, 15) is 4.79 Å². The maximum absolute atomic E-state index is 11.2. The normalized spacial score (nSPS) is 10.8. The van der Waals surface area contributed by atoms with E-state index in [1.54, 1.807) is 30.8 Å². The third-order valence-electron chi connectivity index (χ3n) is 4.50. The first-order valence-electron chi connectivity index (χ1n) is 8.94.